The predicted molar refractivity (Wildman–Crippen MR) is 177 cm³/mol. The zero-order valence-corrected chi connectivity index (χ0v) is 27.7. The monoisotopic (exact) mass is 666 g/mol. The second-order valence-electron chi connectivity index (χ2n) is 12.6. The van der Waals surface area contributed by atoms with Crippen molar-refractivity contribution in [3.63, 3.8) is 0 Å². The molecule has 1 unspecified atom stereocenters. The number of anilines is 3. The third-order valence-electron chi connectivity index (χ3n) is 9.22. The highest BCUT2D eigenvalue weighted by Gasteiger charge is 2.68. The Labute approximate surface area is 279 Å². The first-order valence-electron chi connectivity index (χ1n) is 15.5. The Kier molecular flexibility index (Phi) is 7.19. The van der Waals surface area contributed by atoms with Crippen LogP contribution in [0.4, 0.5) is 17.3 Å². The molecule has 0 radical (unpaired) electrons. The zero-order chi connectivity index (χ0) is 34.9. The molecule has 4 aromatic heterocycles. The van der Waals surface area contributed by atoms with Crippen LogP contribution in [0.3, 0.4) is 0 Å². The molecule has 3 aliphatic rings. The average Bonchev–Trinajstić information content (AvgIpc) is 3.50. The summed E-state index contributed by atoms with van der Waals surface area (Å²) in [6.07, 6.45) is 10.3. The van der Waals surface area contributed by atoms with Crippen molar-refractivity contribution in [2.24, 2.45) is 27.1 Å². The van der Waals surface area contributed by atoms with Gasteiger partial charge in [0.15, 0.2) is 11.6 Å². The highest BCUT2D eigenvalue weighted by Crippen LogP contribution is 2.68. The van der Waals surface area contributed by atoms with Crippen molar-refractivity contribution in [3.8, 4) is 5.75 Å². The quantitative estimate of drug-likeness (QED) is 0.206. The van der Waals surface area contributed by atoms with E-state index in [0.717, 1.165) is 17.7 Å². The molecule has 0 bridgehead atoms. The molecule has 1 saturated heterocycles. The molecule has 4 aromatic rings. The van der Waals surface area contributed by atoms with E-state index in [1.165, 1.54) is 34.5 Å². The van der Waals surface area contributed by atoms with Gasteiger partial charge in [0, 0.05) is 87.7 Å². The molecular weight excluding hydrogens is 632 g/mol. The van der Waals surface area contributed by atoms with Crippen LogP contribution in [0.15, 0.2) is 42.5 Å². The van der Waals surface area contributed by atoms with Crippen molar-refractivity contribution in [1.82, 2.24) is 33.6 Å². The van der Waals surface area contributed by atoms with Crippen LogP contribution in [-0.2, 0) is 36.1 Å². The molecule has 2 aliphatic carbocycles. The van der Waals surface area contributed by atoms with E-state index in [-0.39, 0.29) is 46.8 Å². The Hall–Kier alpha value is -6.19. The number of likely N-dealkylation sites (tertiary alicyclic amines) is 1. The van der Waals surface area contributed by atoms with Crippen molar-refractivity contribution in [2.45, 2.75) is 25.7 Å². The van der Waals surface area contributed by atoms with Gasteiger partial charge in [-0.3, -0.25) is 24.0 Å². The lowest BCUT2D eigenvalue weighted by Crippen LogP contribution is -2.32. The lowest BCUT2D eigenvalue weighted by Gasteiger charge is -2.27. The van der Waals surface area contributed by atoms with Crippen molar-refractivity contribution in [1.29, 1.82) is 0 Å². The number of carbonyl (C=O) groups is 5. The van der Waals surface area contributed by atoms with E-state index in [1.54, 1.807) is 62.1 Å². The van der Waals surface area contributed by atoms with Crippen molar-refractivity contribution >= 4 is 52.8 Å². The van der Waals surface area contributed by atoms with Crippen LogP contribution in [-0.4, -0.2) is 76.6 Å². The number of aryl methyl sites for hydroxylation is 4. The minimum Gasteiger partial charge on any atom is -0.495 e. The van der Waals surface area contributed by atoms with Gasteiger partial charge >= 0.3 is 0 Å². The Morgan fingerprint density at radius 3 is 2.29 bits per heavy atom. The summed E-state index contributed by atoms with van der Waals surface area (Å²) in [5, 5.41) is 7.95. The molecule has 16 heteroatoms. The summed E-state index contributed by atoms with van der Waals surface area (Å²) in [5.74, 6) is -0.499. The number of H-pyrrole nitrogens is 1. The van der Waals surface area contributed by atoms with Crippen LogP contribution in [0.1, 0.15) is 62.0 Å². The molecular formula is C33H34N10O6. The number of piperidine rings is 1. The molecule has 0 aromatic carbocycles. The van der Waals surface area contributed by atoms with Crippen LogP contribution in [0.2, 0.25) is 0 Å². The molecule has 4 N–H and O–H groups in total. The summed E-state index contributed by atoms with van der Waals surface area (Å²) >= 11 is 0. The Morgan fingerprint density at radius 1 is 0.980 bits per heavy atom. The highest BCUT2D eigenvalue weighted by atomic mass is 16.5. The third-order valence-corrected chi connectivity index (χ3v) is 9.22. The van der Waals surface area contributed by atoms with Gasteiger partial charge in [0.25, 0.3) is 17.7 Å². The number of ketones is 1. The van der Waals surface area contributed by atoms with E-state index in [0.29, 0.717) is 35.1 Å². The van der Waals surface area contributed by atoms with Gasteiger partial charge in [-0.15, -0.1) is 0 Å². The lowest BCUT2D eigenvalue weighted by atomic mass is 9.84. The topological polar surface area (TPSA) is 190 Å². The number of fused-ring (bicyclic) bond motifs is 1. The maximum absolute atomic E-state index is 13.5. The number of allylic oxidation sites excluding steroid dienone is 2. The number of rotatable bonds is 8. The predicted octanol–water partition coefficient (Wildman–Crippen LogP) is 2.49. The summed E-state index contributed by atoms with van der Waals surface area (Å²) in [6.45, 7) is 3.72. The number of aromatic nitrogens is 6. The zero-order valence-electron chi connectivity index (χ0n) is 27.7. The second kappa shape index (κ2) is 11.2. The minimum atomic E-state index is -0.574. The summed E-state index contributed by atoms with van der Waals surface area (Å²) in [7, 11) is 6.61. The number of nitrogens with zero attached hydrogens (tertiary/aromatic N) is 6. The number of hydrogen-bond donors (Lipinski definition) is 4. The number of carbonyl (C=O) groups excluding carboxylic acids is 5. The number of ether oxygens (including phenoxy) is 1. The second-order valence-corrected chi connectivity index (χ2v) is 12.6. The summed E-state index contributed by atoms with van der Waals surface area (Å²) in [6, 6.07) is 1.72. The first kappa shape index (κ1) is 31.4. The first-order chi connectivity index (χ1) is 23.3. The van der Waals surface area contributed by atoms with Gasteiger partial charge in [0.2, 0.25) is 23.3 Å². The fourth-order valence-corrected chi connectivity index (χ4v) is 7.02. The number of hydrogen-bond acceptors (Lipinski definition) is 8. The van der Waals surface area contributed by atoms with E-state index in [1.807, 2.05) is 6.92 Å². The number of amides is 4. The largest absolute Gasteiger partial charge is 0.495 e. The molecule has 2 atom stereocenters. The number of imidazole rings is 2. The maximum atomic E-state index is 13.5. The molecule has 5 heterocycles. The maximum Gasteiger partial charge on any atom is 0.292 e. The molecule has 49 heavy (non-hydrogen) atoms. The minimum absolute atomic E-state index is 0.0406. The van der Waals surface area contributed by atoms with E-state index in [9.17, 15) is 24.0 Å². The van der Waals surface area contributed by atoms with Crippen LogP contribution in [0, 0.1) is 12.8 Å². The van der Waals surface area contributed by atoms with Crippen LogP contribution in [0.5, 0.6) is 5.75 Å². The van der Waals surface area contributed by atoms with Gasteiger partial charge in [-0.2, -0.15) is 0 Å². The molecule has 4 amide bonds. The van der Waals surface area contributed by atoms with E-state index >= 15 is 0 Å². The van der Waals surface area contributed by atoms with Crippen molar-refractivity contribution < 1.29 is 28.7 Å². The lowest BCUT2D eigenvalue weighted by molar-refractivity contribution is -0.124. The van der Waals surface area contributed by atoms with E-state index in [4.69, 9.17) is 4.74 Å². The fraction of sp³-hybridized carbons (Fsp3) is 0.303. The molecule has 1 aliphatic heterocycles. The molecule has 1 saturated carbocycles. The summed E-state index contributed by atoms with van der Waals surface area (Å²) in [5.41, 5.74) is 3.63. The molecule has 16 nitrogen and oxygen atoms in total. The molecule has 252 valence electrons. The van der Waals surface area contributed by atoms with Gasteiger partial charge in [-0.1, -0.05) is 0 Å². The summed E-state index contributed by atoms with van der Waals surface area (Å²) in [4.78, 5) is 77.0. The van der Waals surface area contributed by atoms with E-state index < -0.39 is 17.2 Å². The smallest absolute Gasteiger partial charge is 0.292 e. The standard InChI is InChI=1S/C33H34N10O6/c1-16-28(49-6)26-27(34-16)21(45)10-22-33(26)11-18(33)12-43(22)25(46)8-7-20-9-19(13-40(20)3)36-31(47)29-38-24(15-42(29)5)39-32(48)30-37-23(14-41(30)4)35-17(2)44/h7-10,13-15,18,34H,11-12H2,1-6H3,(H,35,44)(H,36,47)(H,39,48)/b8-7+/t18-,33?/m0/s1. The Bertz CT molecular complexity index is 2180. The normalized spacial score (nSPS) is 18.9. The van der Waals surface area contributed by atoms with Gasteiger partial charge in [0.05, 0.1) is 24.2 Å². The Balaban J connectivity index is 1.01. The molecule has 1 spiro atoms. The van der Waals surface area contributed by atoms with Crippen LogP contribution in [0.25, 0.3) is 6.08 Å². The number of methoxy groups -OCH3 is 1. The SMILES string of the molecule is COc1c(C)[nH]c2c1C13C[C@H]1CN(C(=O)/C=C/c1cc(NC(=O)c4nc(NC(=O)c5nc(NC(C)=O)cn5C)cn4C)cn1C)C3=CC2=O. The van der Waals surface area contributed by atoms with Crippen LogP contribution < -0.4 is 20.7 Å². The fourth-order valence-electron chi connectivity index (χ4n) is 7.02. The summed E-state index contributed by atoms with van der Waals surface area (Å²) < 4.78 is 10.4. The van der Waals surface area contributed by atoms with Crippen LogP contribution >= 0.6 is 0 Å². The van der Waals surface area contributed by atoms with Crippen molar-refractivity contribution in [3.05, 3.63) is 76.8 Å². The highest BCUT2D eigenvalue weighted by molar-refractivity contribution is 6.09. The average molecular weight is 667 g/mol. The van der Waals surface area contributed by atoms with Gasteiger partial charge in [-0.25, -0.2) is 9.97 Å². The number of aromatic amines is 1. The number of nitrogens with one attached hydrogen (secondary N) is 4. The van der Waals surface area contributed by atoms with Gasteiger partial charge in [-0.05, 0) is 31.4 Å². The van der Waals surface area contributed by atoms with Gasteiger partial charge < -0.3 is 44.3 Å². The van der Waals surface area contributed by atoms with E-state index in [2.05, 4.69) is 30.9 Å². The molecule has 7 rings (SSSR count). The van der Waals surface area contributed by atoms with Gasteiger partial charge in [0.1, 0.15) is 5.75 Å². The molecule has 2 fully saturated rings. The van der Waals surface area contributed by atoms with Crippen molar-refractivity contribution in [2.75, 3.05) is 29.6 Å². The Morgan fingerprint density at radius 2 is 1.63 bits per heavy atom. The first-order valence-corrected chi connectivity index (χ1v) is 15.5. The third kappa shape index (κ3) is 5.12.